The normalized spacial score (nSPS) is 24.0. The maximum atomic E-state index is 9.22. The van der Waals surface area contributed by atoms with Crippen LogP contribution in [0.1, 0.15) is 33.1 Å². The predicted molar refractivity (Wildman–Crippen MR) is 64.0 cm³/mol. The average Bonchev–Trinajstić information content (AvgIpc) is 2.26. The molecule has 0 radical (unpaired) electrons. The number of nitrogens with one attached hydrogen (secondary N) is 1. The zero-order valence-corrected chi connectivity index (χ0v) is 10.4. The molecule has 1 heterocycles. The smallest absolute Gasteiger partial charge is 0.0524 e. The third-order valence-electron chi connectivity index (χ3n) is 3.66. The zero-order valence-electron chi connectivity index (χ0n) is 10.4. The van der Waals surface area contributed by atoms with E-state index in [1.165, 1.54) is 25.9 Å². The Hall–Kier alpha value is -0.120. The van der Waals surface area contributed by atoms with E-state index in [2.05, 4.69) is 17.1 Å². The van der Waals surface area contributed by atoms with E-state index in [0.717, 1.165) is 18.9 Å². The highest BCUT2D eigenvalue weighted by Gasteiger charge is 2.22. The standard InChI is InChI=1S/C12H26N2O/c1-10(15)4-7-14-8-5-12(6-9-14)11(2)13-3/h10-13,15H,4-9H2,1-3H3. The summed E-state index contributed by atoms with van der Waals surface area (Å²) < 4.78 is 0. The van der Waals surface area contributed by atoms with Crippen LogP contribution in [0.15, 0.2) is 0 Å². The van der Waals surface area contributed by atoms with Crippen LogP contribution < -0.4 is 5.32 Å². The molecule has 0 spiro atoms. The summed E-state index contributed by atoms with van der Waals surface area (Å²) in [6.07, 6.45) is 3.34. The van der Waals surface area contributed by atoms with Crippen LogP contribution in [0.5, 0.6) is 0 Å². The maximum absolute atomic E-state index is 9.22. The van der Waals surface area contributed by atoms with Gasteiger partial charge in [-0.15, -0.1) is 0 Å². The zero-order chi connectivity index (χ0) is 11.3. The Balaban J connectivity index is 2.18. The van der Waals surface area contributed by atoms with Crippen molar-refractivity contribution in [3.63, 3.8) is 0 Å². The van der Waals surface area contributed by atoms with Crippen LogP contribution in [0.4, 0.5) is 0 Å². The first-order valence-corrected chi connectivity index (χ1v) is 6.21. The highest BCUT2D eigenvalue weighted by molar-refractivity contribution is 4.78. The quantitative estimate of drug-likeness (QED) is 0.719. The van der Waals surface area contributed by atoms with Gasteiger partial charge in [-0.25, -0.2) is 0 Å². The Labute approximate surface area is 93.9 Å². The van der Waals surface area contributed by atoms with Crippen molar-refractivity contribution in [1.82, 2.24) is 10.2 Å². The molecule has 1 saturated heterocycles. The van der Waals surface area contributed by atoms with Gasteiger partial charge in [-0.05, 0) is 59.2 Å². The molecule has 0 amide bonds. The van der Waals surface area contributed by atoms with Gasteiger partial charge in [0, 0.05) is 12.6 Å². The molecule has 0 bridgehead atoms. The van der Waals surface area contributed by atoms with Crippen molar-refractivity contribution in [1.29, 1.82) is 0 Å². The topological polar surface area (TPSA) is 35.5 Å². The first-order valence-electron chi connectivity index (χ1n) is 6.21. The Kier molecular flexibility index (Phi) is 5.58. The summed E-state index contributed by atoms with van der Waals surface area (Å²) in [5.41, 5.74) is 0. The van der Waals surface area contributed by atoms with Gasteiger partial charge in [-0.2, -0.15) is 0 Å². The monoisotopic (exact) mass is 214 g/mol. The lowest BCUT2D eigenvalue weighted by atomic mass is 9.90. The Morgan fingerprint density at radius 1 is 1.33 bits per heavy atom. The van der Waals surface area contributed by atoms with Crippen LogP contribution in [0, 0.1) is 5.92 Å². The van der Waals surface area contributed by atoms with E-state index in [0.29, 0.717) is 6.04 Å². The summed E-state index contributed by atoms with van der Waals surface area (Å²) in [6, 6.07) is 0.643. The van der Waals surface area contributed by atoms with E-state index in [4.69, 9.17) is 0 Å². The molecule has 1 fully saturated rings. The Morgan fingerprint density at radius 2 is 1.93 bits per heavy atom. The number of rotatable bonds is 5. The van der Waals surface area contributed by atoms with Gasteiger partial charge in [0.05, 0.1) is 6.10 Å². The van der Waals surface area contributed by atoms with Gasteiger partial charge >= 0.3 is 0 Å². The number of hydrogen-bond donors (Lipinski definition) is 2. The lowest BCUT2D eigenvalue weighted by Gasteiger charge is -2.34. The summed E-state index contributed by atoms with van der Waals surface area (Å²) in [4.78, 5) is 2.48. The molecular formula is C12H26N2O. The first-order chi connectivity index (χ1) is 7.13. The van der Waals surface area contributed by atoms with Crippen molar-refractivity contribution in [2.24, 2.45) is 5.92 Å². The van der Waals surface area contributed by atoms with Crippen molar-refractivity contribution in [3.05, 3.63) is 0 Å². The number of likely N-dealkylation sites (tertiary alicyclic amines) is 1. The molecule has 1 aliphatic rings. The van der Waals surface area contributed by atoms with Crippen LogP contribution in [-0.2, 0) is 0 Å². The molecule has 15 heavy (non-hydrogen) atoms. The molecule has 1 aliphatic heterocycles. The van der Waals surface area contributed by atoms with Crippen molar-refractivity contribution >= 4 is 0 Å². The van der Waals surface area contributed by atoms with E-state index in [1.807, 2.05) is 14.0 Å². The fourth-order valence-corrected chi connectivity index (χ4v) is 2.28. The fourth-order valence-electron chi connectivity index (χ4n) is 2.28. The van der Waals surface area contributed by atoms with Crippen LogP contribution in [0.25, 0.3) is 0 Å². The number of aliphatic hydroxyl groups is 1. The fraction of sp³-hybridized carbons (Fsp3) is 1.00. The van der Waals surface area contributed by atoms with Crippen molar-refractivity contribution in [2.45, 2.75) is 45.3 Å². The molecule has 3 heteroatoms. The summed E-state index contributed by atoms with van der Waals surface area (Å²) in [5.74, 6) is 0.831. The van der Waals surface area contributed by atoms with E-state index >= 15 is 0 Å². The molecule has 90 valence electrons. The largest absolute Gasteiger partial charge is 0.393 e. The van der Waals surface area contributed by atoms with Gasteiger partial charge in [0.25, 0.3) is 0 Å². The van der Waals surface area contributed by atoms with E-state index in [1.54, 1.807) is 0 Å². The predicted octanol–water partition coefficient (Wildman–Crippen LogP) is 1.08. The lowest BCUT2D eigenvalue weighted by Crippen LogP contribution is -2.41. The second-order valence-corrected chi connectivity index (χ2v) is 4.89. The number of nitrogens with zero attached hydrogens (tertiary/aromatic N) is 1. The van der Waals surface area contributed by atoms with Crippen LogP contribution in [0.2, 0.25) is 0 Å². The Bertz CT molecular complexity index is 165. The summed E-state index contributed by atoms with van der Waals surface area (Å²) in [6.45, 7) is 7.59. The third kappa shape index (κ3) is 4.49. The molecule has 0 aromatic carbocycles. The average molecular weight is 214 g/mol. The van der Waals surface area contributed by atoms with E-state index in [9.17, 15) is 5.11 Å². The van der Waals surface area contributed by atoms with Gasteiger partial charge in [0.2, 0.25) is 0 Å². The number of hydrogen-bond acceptors (Lipinski definition) is 3. The number of piperidine rings is 1. The van der Waals surface area contributed by atoms with E-state index < -0.39 is 0 Å². The summed E-state index contributed by atoms with van der Waals surface area (Å²) in [5, 5.41) is 12.6. The molecule has 0 aliphatic carbocycles. The van der Waals surface area contributed by atoms with Gasteiger partial charge in [0.1, 0.15) is 0 Å². The SMILES string of the molecule is CNC(C)C1CCN(CCC(C)O)CC1. The van der Waals surface area contributed by atoms with Gasteiger partial charge in [-0.3, -0.25) is 0 Å². The maximum Gasteiger partial charge on any atom is 0.0524 e. The van der Waals surface area contributed by atoms with Crippen LogP contribution >= 0.6 is 0 Å². The third-order valence-corrected chi connectivity index (χ3v) is 3.66. The first kappa shape index (κ1) is 12.9. The van der Waals surface area contributed by atoms with Crippen molar-refractivity contribution < 1.29 is 5.11 Å². The molecule has 0 saturated carbocycles. The molecule has 1 rings (SSSR count). The Morgan fingerprint density at radius 3 is 2.40 bits per heavy atom. The number of aliphatic hydroxyl groups excluding tert-OH is 1. The van der Waals surface area contributed by atoms with Crippen molar-refractivity contribution in [2.75, 3.05) is 26.7 Å². The van der Waals surface area contributed by atoms with Crippen LogP contribution in [-0.4, -0.2) is 48.8 Å². The molecule has 3 nitrogen and oxygen atoms in total. The summed E-state index contributed by atoms with van der Waals surface area (Å²) >= 11 is 0. The lowest BCUT2D eigenvalue weighted by molar-refractivity contribution is 0.126. The molecule has 0 aromatic heterocycles. The second-order valence-electron chi connectivity index (χ2n) is 4.89. The summed E-state index contributed by atoms with van der Waals surface area (Å²) in [7, 11) is 2.05. The minimum absolute atomic E-state index is 0.154. The highest BCUT2D eigenvalue weighted by Crippen LogP contribution is 2.20. The van der Waals surface area contributed by atoms with Crippen molar-refractivity contribution in [3.8, 4) is 0 Å². The highest BCUT2D eigenvalue weighted by atomic mass is 16.3. The molecule has 2 N–H and O–H groups in total. The molecule has 2 atom stereocenters. The van der Waals surface area contributed by atoms with E-state index in [-0.39, 0.29) is 6.10 Å². The van der Waals surface area contributed by atoms with Gasteiger partial charge in [-0.1, -0.05) is 0 Å². The molecule has 0 aromatic rings. The minimum atomic E-state index is -0.154. The molecular weight excluding hydrogens is 188 g/mol. The van der Waals surface area contributed by atoms with Gasteiger partial charge in [0.15, 0.2) is 0 Å². The van der Waals surface area contributed by atoms with Gasteiger partial charge < -0.3 is 15.3 Å². The minimum Gasteiger partial charge on any atom is -0.393 e. The van der Waals surface area contributed by atoms with Crippen LogP contribution in [0.3, 0.4) is 0 Å². The molecule has 2 unspecified atom stereocenters. The second kappa shape index (κ2) is 6.46.